The Morgan fingerprint density at radius 1 is 1.35 bits per heavy atom. The Bertz CT molecular complexity index is 1050. The number of aromatic nitrogens is 2. The minimum atomic E-state index is -0.455. The molecule has 0 unspecified atom stereocenters. The Balaban J connectivity index is 1.83. The number of pyridine rings is 1. The monoisotopic (exact) mass is 349 g/mol. The molecule has 7 nitrogen and oxygen atoms in total. The van der Waals surface area contributed by atoms with Crippen LogP contribution in [-0.4, -0.2) is 28.7 Å². The van der Waals surface area contributed by atoms with Crippen molar-refractivity contribution in [3.05, 3.63) is 58.2 Å². The number of nitrogens with zero attached hydrogens (tertiary/aromatic N) is 4. The molecule has 3 heterocycles. The molecule has 1 aliphatic heterocycles. The van der Waals surface area contributed by atoms with Gasteiger partial charge in [-0.3, -0.25) is 4.57 Å². The summed E-state index contributed by atoms with van der Waals surface area (Å²) < 4.78 is 6.98. The van der Waals surface area contributed by atoms with Gasteiger partial charge in [-0.1, -0.05) is 18.2 Å². The van der Waals surface area contributed by atoms with Crippen LogP contribution in [0.2, 0.25) is 0 Å². The second-order valence-corrected chi connectivity index (χ2v) is 6.55. The number of rotatable bonds is 3. The minimum absolute atomic E-state index is 0.0900. The minimum Gasteiger partial charge on any atom is -0.407 e. The lowest BCUT2D eigenvalue weighted by molar-refractivity contribution is 0.503. The highest BCUT2D eigenvalue weighted by Gasteiger charge is 2.23. The van der Waals surface area contributed by atoms with Crippen molar-refractivity contribution in [2.75, 3.05) is 18.0 Å². The molecule has 0 spiro atoms. The molecule has 7 heteroatoms. The molecule has 26 heavy (non-hydrogen) atoms. The maximum absolute atomic E-state index is 12.5. The molecule has 132 valence electrons. The molecule has 4 rings (SSSR count). The van der Waals surface area contributed by atoms with Gasteiger partial charge in [0, 0.05) is 31.4 Å². The largest absolute Gasteiger partial charge is 0.420 e. The van der Waals surface area contributed by atoms with Gasteiger partial charge in [0.2, 0.25) is 0 Å². The Labute approximate surface area is 150 Å². The third-order valence-electron chi connectivity index (χ3n) is 4.78. The van der Waals surface area contributed by atoms with Gasteiger partial charge < -0.3 is 15.1 Å². The van der Waals surface area contributed by atoms with E-state index in [-0.39, 0.29) is 12.6 Å². The molecule has 1 aliphatic rings. The van der Waals surface area contributed by atoms with Crippen LogP contribution in [-0.2, 0) is 6.54 Å². The topological polar surface area (TPSA) is 101 Å². The molecule has 1 atom stereocenters. The second-order valence-electron chi connectivity index (χ2n) is 6.55. The van der Waals surface area contributed by atoms with Crippen molar-refractivity contribution < 1.29 is 4.42 Å². The molecular formula is C19H19N5O2. The fraction of sp³-hybridized carbons (Fsp3) is 0.316. The highest BCUT2D eigenvalue weighted by Crippen LogP contribution is 2.27. The van der Waals surface area contributed by atoms with Crippen molar-refractivity contribution in [3.8, 4) is 6.07 Å². The summed E-state index contributed by atoms with van der Waals surface area (Å²) >= 11 is 0. The smallest absolute Gasteiger partial charge is 0.407 e. The van der Waals surface area contributed by atoms with Crippen LogP contribution in [0.3, 0.4) is 0 Å². The normalized spacial score (nSPS) is 17.4. The number of nitriles is 1. The zero-order valence-electron chi connectivity index (χ0n) is 14.3. The number of anilines is 1. The van der Waals surface area contributed by atoms with E-state index in [0.29, 0.717) is 29.0 Å². The summed E-state index contributed by atoms with van der Waals surface area (Å²) in [7, 11) is 0. The molecule has 3 aromatic rings. The molecule has 1 aromatic carbocycles. The average Bonchev–Trinajstić information content (AvgIpc) is 2.97. The predicted molar refractivity (Wildman–Crippen MR) is 98.0 cm³/mol. The van der Waals surface area contributed by atoms with Crippen LogP contribution in [0.25, 0.3) is 11.1 Å². The molecule has 0 saturated carbocycles. The first-order valence-electron chi connectivity index (χ1n) is 8.64. The lowest BCUT2D eigenvalue weighted by Crippen LogP contribution is -2.43. The van der Waals surface area contributed by atoms with Crippen LogP contribution in [0.1, 0.15) is 24.0 Å². The number of fused-ring (bicyclic) bond motifs is 1. The van der Waals surface area contributed by atoms with Gasteiger partial charge in [0.15, 0.2) is 11.4 Å². The molecule has 0 radical (unpaired) electrons. The summed E-state index contributed by atoms with van der Waals surface area (Å²) in [6, 6.07) is 11.2. The second kappa shape index (κ2) is 6.65. The van der Waals surface area contributed by atoms with Crippen molar-refractivity contribution in [1.82, 2.24) is 9.55 Å². The first kappa shape index (κ1) is 16.4. The third-order valence-corrected chi connectivity index (χ3v) is 4.78. The van der Waals surface area contributed by atoms with Gasteiger partial charge in [-0.15, -0.1) is 0 Å². The quantitative estimate of drug-likeness (QED) is 0.774. The van der Waals surface area contributed by atoms with Gasteiger partial charge in [-0.2, -0.15) is 5.26 Å². The van der Waals surface area contributed by atoms with Gasteiger partial charge in [-0.25, -0.2) is 9.78 Å². The van der Waals surface area contributed by atoms with Crippen LogP contribution in [0.4, 0.5) is 5.82 Å². The highest BCUT2D eigenvalue weighted by atomic mass is 16.4. The Morgan fingerprint density at radius 2 is 2.19 bits per heavy atom. The molecule has 0 aliphatic carbocycles. The SMILES string of the molecule is N#Cc1ccccc1Cn1c(=O)oc2ccnc(N3CCC[C@@H](N)C3)c21. The summed E-state index contributed by atoms with van der Waals surface area (Å²) in [4.78, 5) is 19.1. The van der Waals surface area contributed by atoms with E-state index in [1.807, 2.05) is 12.1 Å². The molecule has 1 saturated heterocycles. The van der Waals surface area contributed by atoms with Crippen molar-refractivity contribution in [2.45, 2.75) is 25.4 Å². The summed E-state index contributed by atoms with van der Waals surface area (Å²) in [6.45, 7) is 1.79. The lowest BCUT2D eigenvalue weighted by atomic mass is 10.1. The van der Waals surface area contributed by atoms with Crippen LogP contribution in [0.5, 0.6) is 0 Å². The molecule has 0 bridgehead atoms. The van der Waals surface area contributed by atoms with E-state index in [9.17, 15) is 10.1 Å². The average molecular weight is 349 g/mol. The third kappa shape index (κ3) is 2.85. The Kier molecular flexibility index (Phi) is 4.19. The van der Waals surface area contributed by atoms with Crippen molar-refractivity contribution >= 4 is 16.9 Å². The van der Waals surface area contributed by atoms with Gasteiger partial charge in [-0.05, 0) is 24.5 Å². The van der Waals surface area contributed by atoms with Crippen LogP contribution < -0.4 is 16.4 Å². The van der Waals surface area contributed by atoms with Gasteiger partial charge >= 0.3 is 5.76 Å². The zero-order chi connectivity index (χ0) is 18.1. The maximum atomic E-state index is 12.5. The van der Waals surface area contributed by atoms with E-state index >= 15 is 0 Å². The Morgan fingerprint density at radius 3 is 3.00 bits per heavy atom. The fourth-order valence-electron chi connectivity index (χ4n) is 3.52. The predicted octanol–water partition coefficient (Wildman–Crippen LogP) is 1.84. The Hall–Kier alpha value is -3.11. The van der Waals surface area contributed by atoms with E-state index in [1.54, 1.807) is 29.0 Å². The molecule has 2 N–H and O–H groups in total. The van der Waals surface area contributed by atoms with Crippen molar-refractivity contribution in [1.29, 1.82) is 5.26 Å². The first-order chi connectivity index (χ1) is 12.7. The summed E-state index contributed by atoms with van der Waals surface area (Å²) in [6.07, 6.45) is 3.62. The van der Waals surface area contributed by atoms with E-state index in [1.165, 1.54) is 0 Å². The van der Waals surface area contributed by atoms with Gasteiger partial charge in [0.05, 0.1) is 18.2 Å². The summed E-state index contributed by atoms with van der Waals surface area (Å²) in [5, 5.41) is 9.32. The number of nitrogens with two attached hydrogens (primary N) is 1. The number of hydrogen-bond acceptors (Lipinski definition) is 6. The van der Waals surface area contributed by atoms with Crippen molar-refractivity contribution in [3.63, 3.8) is 0 Å². The molecule has 0 amide bonds. The summed E-state index contributed by atoms with van der Waals surface area (Å²) in [5.74, 6) is 0.251. The van der Waals surface area contributed by atoms with E-state index in [4.69, 9.17) is 10.2 Å². The standard InChI is InChI=1S/C19H19N5O2/c20-10-13-4-1-2-5-14(13)11-24-17-16(26-19(24)25)7-8-22-18(17)23-9-3-6-15(21)12-23/h1-2,4-5,7-8,15H,3,6,9,11-12,21H2/t15-/m1/s1. The first-order valence-corrected chi connectivity index (χ1v) is 8.64. The zero-order valence-corrected chi connectivity index (χ0v) is 14.3. The summed E-state index contributed by atoms with van der Waals surface area (Å²) in [5.41, 5.74) is 8.57. The molecular weight excluding hydrogens is 330 g/mol. The van der Waals surface area contributed by atoms with Gasteiger partial charge in [0.1, 0.15) is 5.52 Å². The lowest BCUT2D eigenvalue weighted by Gasteiger charge is -2.32. The molecule has 2 aromatic heterocycles. The van der Waals surface area contributed by atoms with Crippen molar-refractivity contribution in [2.24, 2.45) is 5.73 Å². The van der Waals surface area contributed by atoms with Gasteiger partial charge in [0.25, 0.3) is 0 Å². The number of benzene rings is 1. The van der Waals surface area contributed by atoms with Crippen LogP contribution >= 0.6 is 0 Å². The number of oxazole rings is 1. The van der Waals surface area contributed by atoms with E-state index in [0.717, 1.165) is 24.9 Å². The van der Waals surface area contributed by atoms with Crippen LogP contribution in [0, 0.1) is 11.3 Å². The molecule has 1 fully saturated rings. The highest BCUT2D eigenvalue weighted by molar-refractivity contribution is 5.85. The fourth-order valence-corrected chi connectivity index (χ4v) is 3.52. The van der Waals surface area contributed by atoms with Crippen LogP contribution in [0.15, 0.2) is 45.7 Å². The van der Waals surface area contributed by atoms with E-state index in [2.05, 4.69) is 16.0 Å². The maximum Gasteiger partial charge on any atom is 0.420 e. The number of piperidine rings is 1. The number of hydrogen-bond donors (Lipinski definition) is 1. The van der Waals surface area contributed by atoms with E-state index < -0.39 is 5.76 Å².